The van der Waals surface area contributed by atoms with E-state index >= 15 is 0 Å². The van der Waals surface area contributed by atoms with Crippen LogP contribution >= 0.6 is 0 Å². The summed E-state index contributed by atoms with van der Waals surface area (Å²) in [6, 6.07) is 9.80. The summed E-state index contributed by atoms with van der Waals surface area (Å²) in [7, 11) is -7.00. The lowest BCUT2D eigenvalue weighted by atomic mass is 10.1. The van der Waals surface area contributed by atoms with Crippen molar-refractivity contribution < 1.29 is 16.8 Å². The minimum Gasteiger partial charge on any atom is -0.399 e. The number of nitrogens with two attached hydrogens (primary N) is 1. The summed E-state index contributed by atoms with van der Waals surface area (Å²) in [4.78, 5) is 0.105. The number of sulfone groups is 1. The third-order valence-corrected chi connectivity index (χ3v) is 5.38. The molecular formula is C13H16N2O4S2. The van der Waals surface area contributed by atoms with Crippen molar-refractivity contribution in [2.45, 2.75) is 4.90 Å². The zero-order chi connectivity index (χ0) is 15.7. The highest BCUT2D eigenvalue weighted by molar-refractivity contribution is 7.91. The number of nitrogen functional groups attached to an aromatic ring is 1. The van der Waals surface area contributed by atoms with E-state index in [1.807, 2.05) is 0 Å². The van der Waals surface area contributed by atoms with E-state index in [0.717, 1.165) is 6.26 Å². The van der Waals surface area contributed by atoms with E-state index in [0.29, 0.717) is 16.5 Å². The van der Waals surface area contributed by atoms with Crippen LogP contribution in [0.15, 0.2) is 41.3 Å². The second-order valence-electron chi connectivity index (χ2n) is 4.76. The highest BCUT2D eigenvalue weighted by Crippen LogP contribution is 2.24. The first-order chi connectivity index (χ1) is 9.69. The van der Waals surface area contributed by atoms with Crippen LogP contribution in [0.4, 0.5) is 5.69 Å². The quantitative estimate of drug-likeness (QED) is 0.788. The average molecular weight is 328 g/mol. The zero-order valence-electron chi connectivity index (χ0n) is 11.4. The summed E-state index contributed by atoms with van der Waals surface area (Å²) < 4.78 is 49.0. The van der Waals surface area contributed by atoms with Crippen molar-refractivity contribution >= 4 is 36.3 Å². The molecule has 0 bridgehead atoms. The number of fused-ring (bicyclic) bond motifs is 1. The van der Waals surface area contributed by atoms with Gasteiger partial charge in [0.2, 0.25) is 10.0 Å². The van der Waals surface area contributed by atoms with E-state index in [1.165, 1.54) is 6.07 Å². The van der Waals surface area contributed by atoms with Gasteiger partial charge in [0.15, 0.2) is 0 Å². The Balaban J connectivity index is 2.36. The van der Waals surface area contributed by atoms with Gasteiger partial charge in [-0.3, -0.25) is 0 Å². The Bertz CT molecular complexity index is 874. The number of benzene rings is 2. The van der Waals surface area contributed by atoms with Crippen molar-refractivity contribution in [3.05, 3.63) is 36.4 Å². The van der Waals surface area contributed by atoms with Crippen LogP contribution in [0.2, 0.25) is 0 Å². The Hall–Kier alpha value is -1.64. The lowest BCUT2D eigenvalue weighted by molar-refractivity contribution is 0.583. The summed E-state index contributed by atoms with van der Waals surface area (Å²) in [5, 5.41) is 1.25. The summed E-state index contributed by atoms with van der Waals surface area (Å²) in [5.41, 5.74) is 6.22. The molecule has 0 radical (unpaired) electrons. The fourth-order valence-corrected chi connectivity index (χ4v) is 3.81. The van der Waals surface area contributed by atoms with Gasteiger partial charge in [-0.25, -0.2) is 21.6 Å². The maximum absolute atomic E-state index is 12.3. The number of hydrogen-bond acceptors (Lipinski definition) is 5. The summed E-state index contributed by atoms with van der Waals surface area (Å²) in [6.07, 6.45) is 1.06. The fraction of sp³-hybridized carbons (Fsp3) is 0.231. The molecule has 21 heavy (non-hydrogen) atoms. The standard InChI is InChI=1S/C13H16N2O4S2/c1-20(16,17)8-7-15-21(18,19)13-4-2-3-10-9-11(14)5-6-12(10)13/h2-6,9,15H,7-8,14H2,1H3. The summed E-state index contributed by atoms with van der Waals surface area (Å²) in [6.45, 7) is -0.160. The Labute approximate surface area is 123 Å². The van der Waals surface area contributed by atoms with E-state index in [9.17, 15) is 16.8 Å². The number of nitrogens with one attached hydrogen (secondary N) is 1. The van der Waals surface area contributed by atoms with Crippen LogP contribution in [0.25, 0.3) is 10.8 Å². The highest BCUT2D eigenvalue weighted by Gasteiger charge is 2.17. The van der Waals surface area contributed by atoms with Gasteiger partial charge in [-0.1, -0.05) is 18.2 Å². The van der Waals surface area contributed by atoms with Crippen LogP contribution < -0.4 is 10.5 Å². The number of hydrogen-bond donors (Lipinski definition) is 2. The molecule has 0 fully saturated rings. The van der Waals surface area contributed by atoms with Crippen LogP contribution in [0.1, 0.15) is 0 Å². The van der Waals surface area contributed by atoms with Crippen LogP contribution in [0.5, 0.6) is 0 Å². The van der Waals surface area contributed by atoms with Crippen molar-refractivity contribution in [2.24, 2.45) is 0 Å². The Morgan fingerprint density at radius 2 is 1.81 bits per heavy atom. The van der Waals surface area contributed by atoms with Crippen molar-refractivity contribution in [3.63, 3.8) is 0 Å². The monoisotopic (exact) mass is 328 g/mol. The van der Waals surface area contributed by atoms with Gasteiger partial charge >= 0.3 is 0 Å². The molecule has 0 aliphatic carbocycles. The molecule has 0 amide bonds. The first kappa shape index (κ1) is 15.7. The summed E-state index contributed by atoms with van der Waals surface area (Å²) >= 11 is 0. The molecule has 0 atom stereocenters. The SMILES string of the molecule is CS(=O)(=O)CCNS(=O)(=O)c1cccc2cc(N)ccc12. The Morgan fingerprint density at radius 1 is 1.10 bits per heavy atom. The van der Waals surface area contributed by atoms with Crippen molar-refractivity contribution in [1.29, 1.82) is 0 Å². The van der Waals surface area contributed by atoms with Crippen LogP contribution in [-0.4, -0.2) is 35.4 Å². The molecule has 0 heterocycles. The lowest BCUT2D eigenvalue weighted by Gasteiger charge is -2.09. The summed E-state index contributed by atoms with van der Waals surface area (Å²) in [5.74, 6) is -0.246. The predicted molar refractivity (Wildman–Crippen MR) is 83.3 cm³/mol. The molecule has 114 valence electrons. The maximum Gasteiger partial charge on any atom is 0.241 e. The van der Waals surface area contributed by atoms with E-state index in [4.69, 9.17) is 5.73 Å². The normalized spacial score (nSPS) is 12.6. The number of anilines is 1. The van der Waals surface area contributed by atoms with Crippen LogP contribution in [0, 0.1) is 0 Å². The van der Waals surface area contributed by atoms with Gasteiger partial charge in [0, 0.05) is 23.9 Å². The van der Waals surface area contributed by atoms with E-state index in [-0.39, 0.29) is 17.2 Å². The molecule has 0 aliphatic heterocycles. The van der Waals surface area contributed by atoms with Gasteiger partial charge in [0.25, 0.3) is 0 Å². The number of rotatable bonds is 5. The molecular weight excluding hydrogens is 312 g/mol. The first-order valence-corrected chi connectivity index (χ1v) is 9.69. The average Bonchev–Trinajstić information content (AvgIpc) is 2.35. The van der Waals surface area contributed by atoms with E-state index in [1.54, 1.807) is 30.3 Å². The molecule has 6 nitrogen and oxygen atoms in total. The Morgan fingerprint density at radius 3 is 2.48 bits per heavy atom. The molecule has 0 saturated heterocycles. The topological polar surface area (TPSA) is 106 Å². The lowest BCUT2D eigenvalue weighted by Crippen LogP contribution is -2.29. The van der Waals surface area contributed by atoms with Gasteiger partial charge in [-0.2, -0.15) is 0 Å². The predicted octanol–water partition coefficient (Wildman–Crippen LogP) is 0.745. The second-order valence-corrected chi connectivity index (χ2v) is 8.76. The molecule has 0 saturated carbocycles. The van der Waals surface area contributed by atoms with Gasteiger partial charge in [0.1, 0.15) is 9.84 Å². The highest BCUT2D eigenvalue weighted by atomic mass is 32.2. The van der Waals surface area contributed by atoms with Crippen molar-refractivity contribution in [2.75, 3.05) is 24.3 Å². The van der Waals surface area contributed by atoms with Crippen LogP contribution in [0.3, 0.4) is 0 Å². The minimum absolute atomic E-state index is 0.105. The molecule has 2 rings (SSSR count). The molecule has 8 heteroatoms. The van der Waals surface area contributed by atoms with Crippen molar-refractivity contribution in [3.8, 4) is 0 Å². The van der Waals surface area contributed by atoms with Gasteiger partial charge in [-0.05, 0) is 23.6 Å². The minimum atomic E-state index is -3.78. The molecule has 0 unspecified atom stereocenters. The molecule has 0 aliphatic rings. The smallest absolute Gasteiger partial charge is 0.241 e. The van der Waals surface area contributed by atoms with Gasteiger partial charge < -0.3 is 5.73 Å². The molecule has 2 aromatic carbocycles. The second kappa shape index (κ2) is 5.63. The van der Waals surface area contributed by atoms with E-state index < -0.39 is 19.9 Å². The third-order valence-electron chi connectivity index (χ3n) is 2.92. The Kier molecular flexibility index (Phi) is 4.22. The number of sulfonamides is 1. The largest absolute Gasteiger partial charge is 0.399 e. The first-order valence-electron chi connectivity index (χ1n) is 6.15. The maximum atomic E-state index is 12.3. The van der Waals surface area contributed by atoms with Crippen molar-refractivity contribution in [1.82, 2.24) is 4.72 Å². The third kappa shape index (κ3) is 3.93. The fourth-order valence-electron chi connectivity index (χ4n) is 1.95. The zero-order valence-corrected chi connectivity index (χ0v) is 13.0. The molecule has 2 aromatic rings. The molecule has 0 spiro atoms. The van der Waals surface area contributed by atoms with Crippen LogP contribution in [-0.2, 0) is 19.9 Å². The molecule has 3 N–H and O–H groups in total. The van der Waals surface area contributed by atoms with E-state index in [2.05, 4.69) is 4.72 Å². The molecule has 0 aromatic heterocycles. The van der Waals surface area contributed by atoms with Gasteiger partial charge in [0.05, 0.1) is 10.6 Å². The van der Waals surface area contributed by atoms with Gasteiger partial charge in [-0.15, -0.1) is 0 Å².